The largest absolute Gasteiger partial charge is 0.299 e. The third-order valence-corrected chi connectivity index (χ3v) is 3.88. The van der Waals surface area contributed by atoms with Crippen LogP contribution in [0.25, 0.3) is 0 Å². The van der Waals surface area contributed by atoms with E-state index < -0.39 is 0 Å². The number of carbonyl (C=O) groups is 1. The zero-order valence-corrected chi connectivity index (χ0v) is 12.0. The van der Waals surface area contributed by atoms with Crippen LogP contribution in [-0.4, -0.2) is 5.78 Å². The topological polar surface area (TPSA) is 17.1 Å². The fraction of sp³-hybridized carbons (Fsp3) is 0.933. The van der Waals surface area contributed by atoms with Gasteiger partial charge in [-0.1, -0.05) is 54.4 Å². The highest BCUT2D eigenvalue weighted by atomic mass is 16.1. The standard InChI is InChI=1S/C15H30O/c1-7-11(3)9-13(5)15(16)14(6)10-12(4)8-2/h11-14H,7-10H2,1-6H3. The molecule has 0 aliphatic heterocycles. The van der Waals surface area contributed by atoms with Gasteiger partial charge < -0.3 is 0 Å². The SMILES string of the molecule is CCC(C)CC(C)C(=O)C(C)CC(C)CC. The molecular formula is C15H30O. The van der Waals surface area contributed by atoms with Crippen LogP contribution in [0.2, 0.25) is 0 Å². The molecule has 0 aromatic carbocycles. The van der Waals surface area contributed by atoms with Gasteiger partial charge >= 0.3 is 0 Å². The molecule has 0 rings (SSSR count). The van der Waals surface area contributed by atoms with Gasteiger partial charge in [-0.2, -0.15) is 0 Å². The summed E-state index contributed by atoms with van der Waals surface area (Å²) in [5, 5.41) is 0. The summed E-state index contributed by atoms with van der Waals surface area (Å²) in [5.41, 5.74) is 0. The van der Waals surface area contributed by atoms with Crippen molar-refractivity contribution in [3.05, 3.63) is 0 Å². The van der Waals surface area contributed by atoms with Crippen LogP contribution in [0.4, 0.5) is 0 Å². The number of Topliss-reactive ketones (excluding diaryl/α,β-unsaturated/α-hetero) is 1. The molecule has 1 nitrogen and oxygen atoms in total. The molecule has 0 spiro atoms. The van der Waals surface area contributed by atoms with Gasteiger partial charge in [0.15, 0.2) is 0 Å². The second kappa shape index (κ2) is 7.86. The van der Waals surface area contributed by atoms with E-state index in [0.29, 0.717) is 17.6 Å². The minimum Gasteiger partial charge on any atom is -0.299 e. The van der Waals surface area contributed by atoms with Crippen LogP contribution < -0.4 is 0 Å². The number of hydrogen-bond donors (Lipinski definition) is 0. The second-order valence-electron chi connectivity index (χ2n) is 5.70. The molecule has 4 unspecified atom stereocenters. The number of rotatable bonds is 8. The molecule has 0 radical (unpaired) electrons. The molecule has 0 amide bonds. The highest BCUT2D eigenvalue weighted by Crippen LogP contribution is 2.23. The van der Waals surface area contributed by atoms with Crippen molar-refractivity contribution in [3.63, 3.8) is 0 Å². The van der Waals surface area contributed by atoms with E-state index >= 15 is 0 Å². The van der Waals surface area contributed by atoms with E-state index in [-0.39, 0.29) is 11.8 Å². The molecule has 0 bridgehead atoms. The Bertz CT molecular complexity index is 178. The lowest BCUT2D eigenvalue weighted by molar-refractivity contribution is -0.126. The second-order valence-corrected chi connectivity index (χ2v) is 5.70. The van der Waals surface area contributed by atoms with E-state index in [4.69, 9.17) is 0 Å². The summed E-state index contributed by atoms with van der Waals surface area (Å²) in [6.45, 7) is 13.1. The molecule has 16 heavy (non-hydrogen) atoms. The monoisotopic (exact) mass is 226 g/mol. The Labute approximate surface area is 102 Å². The summed E-state index contributed by atoms with van der Waals surface area (Å²) >= 11 is 0. The molecule has 0 aliphatic carbocycles. The summed E-state index contributed by atoms with van der Waals surface area (Å²) in [7, 11) is 0. The maximum absolute atomic E-state index is 12.1. The maximum Gasteiger partial charge on any atom is 0.138 e. The van der Waals surface area contributed by atoms with Crippen molar-refractivity contribution < 1.29 is 4.79 Å². The predicted octanol–water partition coefficient (Wildman–Crippen LogP) is 4.70. The summed E-state index contributed by atoms with van der Waals surface area (Å²) in [6, 6.07) is 0. The average molecular weight is 226 g/mol. The summed E-state index contributed by atoms with van der Waals surface area (Å²) in [6.07, 6.45) is 4.47. The van der Waals surface area contributed by atoms with Crippen LogP contribution >= 0.6 is 0 Å². The normalized spacial score (nSPS) is 18.9. The molecule has 0 fully saturated rings. The lowest BCUT2D eigenvalue weighted by Gasteiger charge is -2.20. The van der Waals surface area contributed by atoms with Gasteiger partial charge in [0.1, 0.15) is 5.78 Å². The van der Waals surface area contributed by atoms with Crippen LogP contribution in [0.1, 0.15) is 67.2 Å². The first-order chi connectivity index (χ1) is 7.42. The van der Waals surface area contributed by atoms with Gasteiger partial charge in [-0.05, 0) is 24.7 Å². The molecule has 4 atom stereocenters. The van der Waals surface area contributed by atoms with E-state index in [1.807, 2.05) is 0 Å². The lowest BCUT2D eigenvalue weighted by Crippen LogP contribution is -2.22. The van der Waals surface area contributed by atoms with E-state index in [1.165, 1.54) is 12.8 Å². The lowest BCUT2D eigenvalue weighted by atomic mass is 9.83. The van der Waals surface area contributed by atoms with Crippen LogP contribution in [0.15, 0.2) is 0 Å². The van der Waals surface area contributed by atoms with Crippen molar-refractivity contribution in [2.75, 3.05) is 0 Å². The molecule has 0 N–H and O–H groups in total. The minimum atomic E-state index is 0.244. The van der Waals surface area contributed by atoms with Crippen molar-refractivity contribution in [2.45, 2.75) is 67.2 Å². The summed E-state index contributed by atoms with van der Waals surface area (Å²) < 4.78 is 0. The fourth-order valence-electron chi connectivity index (χ4n) is 2.26. The zero-order chi connectivity index (χ0) is 12.7. The highest BCUT2D eigenvalue weighted by molar-refractivity contribution is 5.82. The van der Waals surface area contributed by atoms with Crippen LogP contribution in [-0.2, 0) is 4.79 Å². The Balaban J connectivity index is 4.11. The third kappa shape index (κ3) is 5.67. The third-order valence-electron chi connectivity index (χ3n) is 3.88. The van der Waals surface area contributed by atoms with Gasteiger partial charge in [0.2, 0.25) is 0 Å². The number of hydrogen-bond acceptors (Lipinski definition) is 1. The smallest absolute Gasteiger partial charge is 0.138 e. The van der Waals surface area contributed by atoms with Crippen molar-refractivity contribution in [2.24, 2.45) is 23.7 Å². The Morgan fingerprint density at radius 2 is 1.12 bits per heavy atom. The van der Waals surface area contributed by atoms with E-state index in [1.54, 1.807) is 0 Å². The first-order valence-electron chi connectivity index (χ1n) is 6.95. The van der Waals surface area contributed by atoms with Crippen molar-refractivity contribution in [1.82, 2.24) is 0 Å². The quantitative estimate of drug-likeness (QED) is 0.586. The van der Waals surface area contributed by atoms with Gasteiger partial charge in [0, 0.05) is 11.8 Å². The van der Waals surface area contributed by atoms with Gasteiger partial charge in [-0.3, -0.25) is 4.79 Å². The van der Waals surface area contributed by atoms with Crippen molar-refractivity contribution in [3.8, 4) is 0 Å². The Hall–Kier alpha value is -0.330. The van der Waals surface area contributed by atoms with E-state index in [9.17, 15) is 4.79 Å². The first kappa shape index (κ1) is 15.7. The predicted molar refractivity (Wildman–Crippen MR) is 71.5 cm³/mol. The molecule has 96 valence electrons. The molecule has 0 heterocycles. The molecule has 0 saturated heterocycles. The van der Waals surface area contributed by atoms with Crippen LogP contribution in [0.3, 0.4) is 0 Å². The van der Waals surface area contributed by atoms with Gasteiger partial charge in [-0.25, -0.2) is 0 Å². The van der Waals surface area contributed by atoms with E-state index in [2.05, 4.69) is 41.5 Å². The van der Waals surface area contributed by atoms with Crippen LogP contribution in [0.5, 0.6) is 0 Å². The molecule has 0 aromatic heterocycles. The van der Waals surface area contributed by atoms with Crippen molar-refractivity contribution in [1.29, 1.82) is 0 Å². The molecule has 0 aliphatic rings. The zero-order valence-electron chi connectivity index (χ0n) is 12.0. The van der Waals surface area contributed by atoms with E-state index in [0.717, 1.165) is 12.8 Å². The van der Waals surface area contributed by atoms with Gasteiger partial charge in [-0.15, -0.1) is 0 Å². The van der Waals surface area contributed by atoms with Crippen LogP contribution in [0, 0.1) is 23.7 Å². The van der Waals surface area contributed by atoms with Gasteiger partial charge in [0.25, 0.3) is 0 Å². The highest BCUT2D eigenvalue weighted by Gasteiger charge is 2.22. The maximum atomic E-state index is 12.1. The summed E-state index contributed by atoms with van der Waals surface area (Å²) in [4.78, 5) is 12.1. The summed E-state index contributed by atoms with van der Waals surface area (Å²) in [5.74, 6) is 2.31. The molecule has 0 saturated carbocycles. The molecule has 1 heteroatoms. The molecule has 0 aromatic rings. The number of carbonyl (C=O) groups excluding carboxylic acids is 1. The average Bonchev–Trinajstić information content (AvgIpc) is 2.27. The number of ketones is 1. The Morgan fingerprint density at radius 1 is 0.812 bits per heavy atom. The van der Waals surface area contributed by atoms with Crippen molar-refractivity contribution >= 4 is 5.78 Å². The fourth-order valence-corrected chi connectivity index (χ4v) is 2.26. The minimum absolute atomic E-state index is 0.244. The first-order valence-corrected chi connectivity index (χ1v) is 6.95. The van der Waals surface area contributed by atoms with Gasteiger partial charge in [0.05, 0.1) is 0 Å². The Kier molecular flexibility index (Phi) is 7.70. The molecular weight excluding hydrogens is 196 g/mol. The Morgan fingerprint density at radius 3 is 1.38 bits per heavy atom.